The molecule has 3 heterocycles. The topological polar surface area (TPSA) is 151 Å². The van der Waals surface area contributed by atoms with Gasteiger partial charge in [0.2, 0.25) is 5.91 Å². The summed E-state index contributed by atoms with van der Waals surface area (Å²) in [4.78, 5) is 45.5. The van der Waals surface area contributed by atoms with Gasteiger partial charge in [-0.25, -0.2) is 4.98 Å². The Labute approximate surface area is 221 Å². The molecule has 0 saturated carbocycles. The van der Waals surface area contributed by atoms with Gasteiger partial charge in [-0.3, -0.25) is 19.8 Å². The molecule has 0 unspecified atom stereocenters. The minimum absolute atomic E-state index is 0.0190. The number of nitrogens with one attached hydrogen (secondary N) is 2. The first kappa shape index (κ1) is 26.9. The quantitative estimate of drug-likeness (QED) is 0.445. The maximum atomic E-state index is 13.6. The first-order valence-corrected chi connectivity index (χ1v) is 12.5. The molecule has 4 N–H and O–H groups in total. The molecule has 202 valence electrons. The second-order valence-corrected chi connectivity index (χ2v) is 10.3. The predicted octanol–water partition coefficient (Wildman–Crippen LogP) is 1.85. The van der Waals surface area contributed by atoms with Crippen LogP contribution in [0.5, 0.6) is 11.5 Å². The van der Waals surface area contributed by atoms with Gasteiger partial charge in [0, 0.05) is 30.3 Å². The molecule has 0 saturated heterocycles. The third kappa shape index (κ3) is 5.13. The third-order valence-electron chi connectivity index (χ3n) is 6.54. The van der Waals surface area contributed by atoms with Crippen LogP contribution in [0.3, 0.4) is 0 Å². The smallest absolute Gasteiger partial charge is 0.273 e. The molecule has 0 aliphatic carbocycles. The van der Waals surface area contributed by atoms with Crippen LogP contribution in [0.2, 0.25) is 0 Å². The number of anilines is 1. The number of fused-ring (bicyclic) bond motifs is 2. The van der Waals surface area contributed by atoms with Gasteiger partial charge in [0.05, 0.1) is 31.9 Å². The van der Waals surface area contributed by atoms with E-state index in [1.165, 1.54) is 7.05 Å². The van der Waals surface area contributed by atoms with E-state index in [0.717, 1.165) is 5.56 Å². The van der Waals surface area contributed by atoms with Gasteiger partial charge >= 0.3 is 0 Å². The van der Waals surface area contributed by atoms with Crippen molar-refractivity contribution in [3.8, 4) is 11.5 Å². The highest BCUT2D eigenvalue weighted by molar-refractivity contribution is 6.06. The fourth-order valence-corrected chi connectivity index (χ4v) is 4.69. The average Bonchev–Trinajstić information content (AvgIpc) is 3.15. The van der Waals surface area contributed by atoms with Gasteiger partial charge in [-0.05, 0) is 30.5 Å². The number of aromatic nitrogens is 1. The molecular formula is C27H34N6O5. The second kappa shape index (κ2) is 10.3. The maximum absolute atomic E-state index is 13.6. The fourth-order valence-electron chi connectivity index (χ4n) is 4.69. The Hall–Kier alpha value is -4.15. The number of primary amides is 1. The van der Waals surface area contributed by atoms with Crippen LogP contribution >= 0.6 is 0 Å². The van der Waals surface area contributed by atoms with E-state index in [0.29, 0.717) is 53.8 Å². The molecule has 0 bridgehead atoms. The van der Waals surface area contributed by atoms with Gasteiger partial charge in [0.15, 0.2) is 17.2 Å². The van der Waals surface area contributed by atoms with Crippen molar-refractivity contribution < 1.29 is 23.9 Å². The van der Waals surface area contributed by atoms with Crippen LogP contribution in [0.25, 0.3) is 0 Å². The lowest BCUT2D eigenvalue weighted by Gasteiger charge is -2.35. The molecule has 2 aliphatic rings. The van der Waals surface area contributed by atoms with Crippen LogP contribution in [-0.2, 0) is 16.8 Å². The van der Waals surface area contributed by atoms with Crippen molar-refractivity contribution in [2.75, 3.05) is 44.8 Å². The summed E-state index contributed by atoms with van der Waals surface area (Å²) in [5.74, 6) is -0.0237. The molecule has 2 aliphatic heterocycles. The summed E-state index contributed by atoms with van der Waals surface area (Å²) in [6.45, 7) is 9.40. The number of benzene rings is 1. The Morgan fingerprint density at radius 1 is 1.18 bits per heavy atom. The summed E-state index contributed by atoms with van der Waals surface area (Å²) >= 11 is 0. The zero-order valence-electron chi connectivity index (χ0n) is 22.4. The summed E-state index contributed by atoms with van der Waals surface area (Å²) in [7, 11) is 1.50. The average molecular weight is 523 g/mol. The van der Waals surface area contributed by atoms with Gasteiger partial charge in [0.1, 0.15) is 23.9 Å². The largest absolute Gasteiger partial charge is 0.491 e. The van der Waals surface area contributed by atoms with Crippen molar-refractivity contribution >= 4 is 29.1 Å². The van der Waals surface area contributed by atoms with Crippen LogP contribution in [-0.4, -0.2) is 73.2 Å². The minimum atomic E-state index is -0.467. The van der Waals surface area contributed by atoms with Crippen LogP contribution < -0.4 is 25.4 Å². The van der Waals surface area contributed by atoms with Gasteiger partial charge in [0.25, 0.3) is 5.91 Å². The number of amides is 2. The zero-order valence-corrected chi connectivity index (χ0v) is 22.4. The molecule has 4 rings (SSSR count). The predicted molar refractivity (Wildman–Crippen MR) is 142 cm³/mol. The van der Waals surface area contributed by atoms with E-state index >= 15 is 0 Å². The van der Waals surface area contributed by atoms with Crippen molar-refractivity contribution in [2.45, 2.75) is 39.7 Å². The van der Waals surface area contributed by atoms with E-state index in [9.17, 15) is 14.4 Å². The Morgan fingerprint density at radius 3 is 2.55 bits per heavy atom. The van der Waals surface area contributed by atoms with Crippen molar-refractivity contribution in [2.24, 2.45) is 5.73 Å². The lowest BCUT2D eigenvalue weighted by Crippen LogP contribution is -2.40. The Morgan fingerprint density at radius 2 is 1.92 bits per heavy atom. The minimum Gasteiger partial charge on any atom is -0.491 e. The third-order valence-corrected chi connectivity index (χ3v) is 6.54. The molecule has 2 aromatic rings. The molecule has 11 heteroatoms. The summed E-state index contributed by atoms with van der Waals surface area (Å²) in [5.41, 5.74) is 8.27. The number of rotatable bonds is 8. The molecule has 11 nitrogen and oxygen atoms in total. The summed E-state index contributed by atoms with van der Waals surface area (Å²) in [5, 5.41) is 11.2. The molecule has 0 radical (unpaired) electrons. The van der Waals surface area contributed by atoms with E-state index in [1.807, 2.05) is 38.7 Å². The molecule has 0 atom stereocenters. The lowest BCUT2D eigenvalue weighted by molar-refractivity contribution is -0.116. The first-order valence-electron chi connectivity index (χ1n) is 12.5. The summed E-state index contributed by atoms with van der Waals surface area (Å²) in [6, 6.07) is 5.28. The van der Waals surface area contributed by atoms with Crippen LogP contribution in [0.4, 0.5) is 5.69 Å². The summed E-state index contributed by atoms with van der Waals surface area (Å²) in [6.07, 6.45) is 0. The number of nitrogens with two attached hydrogens (primary N) is 1. The van der Waals surface area contributed by atoms with E-state index in [2.05, 4.69) is 10.3 Å². The number of ether oxygens (including phenoxy) is 2. The molecule has 1 aromatic carbocycles. The highest BCUT2D eigenvalue weighted by Crippen LogP contribution is 2.42. The number of amidine groups is 1. The van der Waals surface area contributed by atoms with Crippen LogP contribution in [0.15, 0.2) is 18.2 Å². The standard InChI is InChI=1S/C27H34N6O5/c1-6-37-20-11-16-12-33(25(29)22(16)31-23(20)26(36)30-5)13-19(34)15-9-17(27(2,3)4)24-18(10-15)32(7-8-38-24)14-21(28)35/h9-11,29H,6-8,12-14H2,1-5H3,(H2,28,35)(H,30,36). The number of nitrogens with zero attached hydrogens (tertiary/aromatic N) is 3. The zero-order chi connectivity index (χ0) is 27.8. The maximum Gasteiger partial charge on any atom is 0.273 e. The number of carbonyl (C=O) groups excluding carboxylic acids is 3. The van der Waals surface area contributed by atoms with Crippen molar-refractivity contribution in [3.63, 3.8) is 0 Å². The SMILES string of the molecule is CCOc1cc2c(nc1C(=O)NC)C(=N)N(CC(=O)c1cc3c(c(C(C)(C)C)c1)OCCN3CC(N)=O)C2. The van der Waals surface area contributed by atoms with Crippen molar-refractivity contribution in [3.05, 3.63) is 46.3 Å². The molecular weight excluding hydrogens is 488 g/mol. The number of hydrogen-bond donors (Lipinski definition) is 3. The molecule has 38 heavy (non-hydrogen) atoms. The molecule has 1 aromatic heterocycles. The highest BCUT2D eigenvalue weighted by Gasteiger charge is 2.33. The fraction of sp³-hybridized carbons (Fsp3) is 0.444. The number of Topliss-reactive ketones (excluding diaryl/α,β-unsaturated/α-hetero) is 1. The first-order chi connectivity index (χ1) is 17.9. The van der Waals surface area contributed by atoms with Gasteiger partial charge in [-0.1, -0.05) is 20.8 Å². The van der Waals surface area contributed by atoms with E-state index < -0.39 is 11.8 Å². The van der Waals surface area contributed by atoms with Crippen LogP contribution in [0, 0.1) is 5.41 Å². The number of hydrogen-bond acceptors (Lipinski definition) is 8. The second-order valence-electron chi connectivity index (χ2n) is 10.3. The Kier molecular flexibility index (Phi) is 7.30. The Balaban J connectivity index is 1.66. The Bertz CT molecular complexity index is 1320. The molecule has 0 fully saturated rings. The number of ketones is 1. The van der Waals surface area contributed by atoms with Gasteiger partial charge < -0.3 is 30.3 Å². The lowest BCUT2D eigenvalue weighted by atomic mass is 9.84. The number of pyridine rings is 1. The number of carbonyl (C=O) groups is 3. The van der Waals surface area contributed by atoms with Gasteiger partial charge in [-0.15, -0.1) is 0 Å². The van der Waals surface area contributed by atoms with Crippen LogP contribution in [0.1, 0.15) is 65.4 Å². The van der Waals surface area contributed by atoms with Crippen molar-refractivity contribution in [1.29, 1.82) is 5.41 Å². The molecule has 2 amide bonds. The van der Waals surface area contributed by atoms with Gasteiger partial charge in [-0.2, -0.15) is 0 Å². The van der Waals surface area contributed by atoms with E-state index in [-0.39, 0.29) is 42.4 Å². The normalized spacial score (nSPS) is 14.5. The highest BCUT2D eigenvalue weighted by atomic mass is 16.5. The van der Waals surface area contributed by atoms with E-state index in [4.69, 9.17) is 20.6 Å². The van der Waals surface area contributed by atoms with E-state index in [1.54, 1.807) is 17.0 Å². The summed E-state index contributed by atoms with van der Waals surface area (Å²) < 4.78 is 11.6. The monoisotopic (exact) mass is 522 g/mol. The van der Waals surface area contributed by atoms with Crippen molar-refractivity contribution in [1.82, 2.24) is 15.2 Å². The molecule has 0 spiro atoms.